The van der Waals surface area contributed by atoms with E-state index in [1.54, 1.807) is 35.6 Å². The van der Waals surface area contributed by atoms with E-state index in [-0.39, 0.29) is 11.6 Å². The van der Waals surface area contributed by atoms with Crippen LogP contribution in [0.4, 0.5) is 0 Å². The van der Waals surface area contributed by atoms with E-state index in [2.05, 4.69) is 11.4 Å². The number of rotatable bonds is 5. The lowest BCUT2D eigenvalue weighted by molar-refractivity contribution is 0.0697. The van der Waals surface area contributed by atoms with E-state index < -0.39 is 5.97 Å². The van der Waals surface area contributed by atoms with E-state index in [0.29, 0.717) is 6.54 Å². The minimum Gasteiger partial charge on any atom is -0.478 e. The number of carbonyl (C=O) groups is 1. The fourth-order valence-corrected chi connectivity index (χ4v) is 2.35. The number of nitriles is 1. The number of benzene rings is 1. The quantitative estimate of drug-likeness (QED) is 0.877. The highest BCUT2D eigenvalue weighted by Crippen LogP contribution is 2.16. The van der Waals surface area contributed by atoms with Crippen LogP contribution in [-0.4, -0.2) is 11.1 Å². The second kappa shape index (κ2) is 6.14. The number of carboxylic acid groups (broad SMARTS) is 1. The predicted octanol–water partition coefficient (Wildman–Crippen LogP) is 2.80. The maximum atomic E-state index is 10.7. The highest BCUT2D eigenvalue weighted by molar-refractivity contribution is 7.08. The Labute approximate surface area is 114 Å². The molecule has 1 heterocycles. The van der Waals surface area contributed by atoms with Crippen molar-refractivity contribution in [1.82, 2.24) is 5.32 Å². The SMILES string of the molecule is N#CC(NCc1ccc(C(=O)O)cc1)c1ccsc1. The van der Waals surface area contributed by atoms with Gasteiger partial charge in [0.1, 0.15) is 6.04 Å². The Hall–Kier alpha value is -2.16. The van der Waals surface area contributed by atoms with Gasteiger partial charge in [-0.1, -0.05) is 12.1 Å². The molecule has 0 saturated heterocycles. The zero-order chi connectivity index (χ0) is 13.7. The van der Waals surface area contributed by atoms with Crippen molar-refractivity contribution in [2.24, 2.45) is 0 Å². The van der Waals surface area contributed by atoms with Crippen LogP contribution < -0.4 is 5.32 Å². The molecule has 0 spiro atoms. The maximum absolute atomic E-state index is 10.7. The highest BCUT2D eigenvalue weighted by Gasteiger charge is 2.10. The zero-order valence-electron chi connectivity index (χ0n) is 10.0. The average Bonchev–Trinajstić information content (AvgIpc) is 2.94. The average molecular weight is 272 g/mol. The second-order valence-electron chi connectivity index (χ2n) is 4.00. The lowest BCUT2D eigenvalue weighted by Gasteiger charge is -2.10. The topological polar surface area (TPSA) is 73.1 Å². The van der Waals surface area contributed by atoms with Gasteiger partial charge < -0.3 is 5.11 Å². The molecule has 1 aromatic carbocycles. The molecule has 0 fully saturated rings. The van der Waals surface area contributed by atoms with Gasteiger partial charge in [0, 0.05) is 6.54 Å². The van der Waals surface area contributed by atoms with Gasteiger partial charge in [0.15, 0.2) is 0 Å². The molecule has 1 aromatic heterocycles. The maximum Gasteiger partial charge on any atom is 0.335 e. The number of hydrogen-bond donors (Lipinski definition) is 2. The van der Waals surface area contributed by atoms with Gasteiger partial charge in [-0.3, -0.25) is 5.32 Å². The van der Waals surface area contributed by atoms with Crippen LogP contribution in [0.3, 0.4) is 0 Å². The van der Waals surface area contributed by atoms with E-state index >= 15 is 0 Å². The molecule has 0 aliphatic rings. The normalized spacial score (nSPS) is 11.7. The summed E-state index contributed by atoms with van der Waals surface area (Å²) in [5.74, 6) is -0.937. The summed E-state index contributed by atoms with van der Waals surface area (Å²) in [7, 11) is 0. The number of nitrogens with one attached hydrogen (secondary N) is 1. The van der Waals surface area contributed by atoms with Crippen molar-refractivity contribution in [3.05, 3.63) is 57.8 Å². The van der Waals surface area contributed by atoms with Crippen molar-refractivity contribution in [3.8, 4) is 6.07 Å². The largest absolute Gasteiger partial charge is 0.478 e. The number of carboxylic acids is 1. The van der Waals surface area contributed by atoms with E-state index in [1.807, 2.05) is 16.8 Å². The molecule has 0 saturated carbocycles. The second-order valence-corrected chi connectivity index (χ2v) is 4.78. The summed E-state index contributed by atoms with van der Waals surface area (Å²) in [4.78, 5) is 10.7. The first-order valence-electron chi connectivity index (χ1n) is 5.68. The predicted molar refractivity (Wildman–Crippen MR) is 72.9 cm³/mol. The van der Waals surface area contributed by atoms with Gasteiger partial charge in [-0.2, -0.15) is 16.6 Å². The van der Waals surface area contributed by atoms with Crippen LogP contribution in [0.5, 0.6) is 0 Å². The summed E-state index contributed by atoms with van der Waals surface area (Å²) < 4.78 is 0. The first kappa shape index (κ1) is 13.3. The molecule has 1 atom stereocenters. The first-order chi connectivity index (χ1) is 9.20. The Morgan fingerprint density at radius 3 is 2.63 bits per heavy atom. The van der Waals surface area contributed by atoms with Gasteiger partial charge in [0.05, 0.1) is 11.6 Å². The van der Waals surface area contributed by atoms with Crippen molar-refractivity contribution >= 4 is 17.3 Å². The minimum absolute atomic E-state index is 0.262. The van der Waals surface area contributed by atoms with Gasteiger partial charge in [-0.25, -0.2) is 4.79 Å². The summed E-state index contributed by atoms with van der Waals surface area (Å²) in [5, 5.41) is 24.9. The molecule has 4 nitrogen and oxygen atoms in total. The molecule has 5 heteroatoms. The van der Waals surface area contributed by atoms with Crippen LogP contribution >= 0.6 is 11.3 Å². The molecule has 0 amide bonds. The number of aromatic carboxylic acids is 1. The number of thiophene rings is 1. The third-order valence-electron chi connectivity index (χ3n) is 2.72. The van der Waals surface area contributed by atoms with Crippen molar-refractivity contribution in [2.75, 3.05) is 0 Å². The van der Waals surface area contributed by atoms with Crippen LogP contribution in [-0.2, 0) is 6.54 Å². The summed E-state index contributed by atoms with van der Waals surface area (Å²) in [6, 6.07) is 10.4. The lowest BCUT2D eigenvalue weighted by atomic mass is 10.1. The lowest BCUT2D eigenvalue weighted by Crippen LogP contribution is -2.18. The van der Waals surface area contributed by atoms with Gasteiger partial charge in [0.2, 0.25) is 0 Å². The van der Waals surface area contributed by atoms with Crippen LogP contribution in [0.1, 0.15) is 27.5 Å². The molecule has 2 N–H and O–H groups in total. The number of hydrogen-bond acceptors (Lipinski definition) is 4. The van der Waals surface area contributed by atoms with Crippen molar-refractivity contribution < 1.29 is 9.90 Å². The molecule has 2 aromatic rings. The highest BCUT2D eigenvalue weighted by atomic mass is 32.1. The number of nitrogens with zero attached hydrogens (tertiary/aromatic N) is 1. The summed E-state index contributed by atoms with van der Waals surface area (Å²) in [6.45, 7) is 0.522. The van der Waals surface area contributed by atoms with Gasteiger partial charge in [-0.05, 0) is 40.1 Å². The summed E-state index contributed by atoms with van der Waals surface area (Å²) in [5.41, 5.74) is 2.16. The van der Waals surface area contributed by atoms with Crippen LogP contribution in [0.15, 0.2) is 41.1 Å². The Morgan fingerprint density at radius 2 is 2.11 bits per heavy atom. The fraction of sp³-hybridized carbons (Fsp3) is 0.143. The Bertz CT molecular complexity index is 585. The standard InChI is InChI=1S/C14H12N2O2S/c15-7-13(12-5-6-19-9-12)16-8-10-1-3-11(4-2-10)14(17)18/h1-6,9,13,16H,8H2,(H,17,18). The van der Waals surface area contributed by atoms with Crippen molar-refractivity contribution in [1.29, 1.82) is 5.26 Å². The third-order valence-corrected chi connectivity index (χ3v) is 3.42. The zero-order valence-corrected chi connectivity index (χ0v) is 10.9. The molecule has 19 heavy (non-hydrogen) atoms. The van der Waals surface area contributed by atoms with Gasteiger partial charge in [-0.15, -0.1) is 0 Å². The van der Waals surface area contributed by atoms with Crippen LogP contribution in [0.2, 0.25) is 0 Å². The Morgan fingerprint density at radius 1 is 1.37 bits per heavy atom. The van der Waals surface area contributed by atoms with E-state index in [1.165, 1.54) is 0 Å². The van der Waals surface area contributed by atoms with E-state index in [9.17, 15) is 4.79 Å². The molecule has 2 rings (SSSR count). The van der Waals surface area contributed by atoms with Crippen LogP contribution in [0, 0.1) is 11.3 Å². The van der Waals surface area contributed by atoms with Crippen LogP contribution in [0.25, 0.3) is 0 Å². The minimum atomic E-state index is -0.937. The monoisotopic (exact) mass is 272 g/mol. The Balaban J connectivity index is 1.98. The van der Waals surface area contributed by atoms with Gasteiger partial charge in [0.25, 0.3) is 0 Å². The molecule has 0 aliphatic carbocycles. The molecule has 0 bridgehead atoms. The van der Waals surface area contributed by atoms with E-state index in [0.717, 1.165) is 11.1 Å². The summed E-state index contributed by atoms with van der Waals surface area (Å²) >= 11 is 1.55. The molecule has 96 valence electrons. The fourth-order valence-electron chi connectivity index (χ4n) is 1.66. The Kier molecular flexibility index (Phi) is 4.29. The first-order valence-corrected chi connectivity index (χ1v) is 6.62. The summed E-state index contributed by atoms with van der Waals surface area (Å²) in [6.07, 6.45) is 0. The molecule has 0 radical (unpaired) electrons. The smallest absolute Gasteiger partial charge is 0.335 e. The molecular weight excluding hydrogens is 260 g/mol. The van der Waals surface area contributed by atoms with Crippen molar-refractivity contribution in [3.63, 3.8) is 0 Å². The molecule has 1 unspecified atom stereocenters. The molecular formula is C14H12N2O2S. The van der Waals surface area contributed by atoms with E-state index in [4.69, 9.17) is 10.4 Å². The third kappa shape index (κ3) is 3.41. The van der Waals surface area contributed by atoms with Crippen molar-refractivity contribution in [2.45, 2.75) is 12.6 Å². The molecule has 0 aliphatic heterocycles. The van der Waals surface area contributed by atoms with Gasteiger partial charge >= 0.3 is 5.97 Å².